The van der Waals surface area contributed by atoms with Crippen LogP contribution in [-0.2, 0) is 6.54 Å². The van der Waals surface area contributed by atoms with Crippen molar-refractivity contribution < 1.29 is 17.9 Å². The molecule has 1 saturated heterocycles. The standard InChI is InChI=1S/C18H27F3N4O.HI/c1-22-17(24-12-15-7-9-25(2)10-8-15)23-11-14-3-5-16(6-4-14)26-13-18(19,20)21;/h3-6,15H,7-13H2,1-2H3,(H2,22,23,24);1H. The molecule has 2 N–H and O–H groups in total. The monoisotopic (exact) mass is 500 g/mol. The smallest absolute Gasteiger partial charge is 0.422 e. The van der Waals surface area contributed by atoms with Crippen molar-refractivity contribution in [3.8, 4) is 5.75 Å². The van der Waals surface area contributed by atoms with E-state index in [1.807, 2.05) is 0 Å². The summed E-state index contributed by atoms with van der Waals surface area (Å²) in [7, 11) is 3.86. The molecule has 0 atom stereocenters. The van der Waals surface area contributed by atoms with E-state index in [0.29, 0.717) is 12.5 Å². The Morgan fingerprint density at radius 3 is 2.37 bits per heavy atom. The maximum atomic E-state index is 12.1. The van der Waals surface area contributed by atoms with Crippen LogP contribution in [0.1, 0.15) is 18.4 Å². The minimum atomic E-state index is -4.33. The van der Waals surface area contributed by atoms with Crippen molar-refractivity contribution in [1.29, 1.82) is 0 Å². The normalized spacial score (nSPS) is 16.6. The molecule has 0 aromatic heterocycles. The number of aliphatic imine (C=N–C) groups is 1. The summed E-state index contributed by atoms with van der Waals surface area (Å²) in [6, 6.07) is 6.56. The van der Waals surface area contributed by atoms with Crippen molar-refractivity contribution >= 4 is 29.9 Å². The van der Waals surface area contributed by atoms with Crippen LogP contribution in [0.3, 0.4) is 0 Å². The molecule has 1 aromatic carbocycles. The molecule has 0 amide bonds. The molecule has 0 aliphatic carbocycles. The van der Waals surface area contributed by atoms with E-state index in [9.17, 15) is 13.2 Å². The van der Waals surface area contributed by atoms with Gasteiger partial charge in [0.25, 0.3) is 0 Å². The number of alkyl halides is 3. The van der Waals surface area contributed by atoms with Gasteiger partial charge in [0.05, 0.1) is 0 Å². The highest BCUT2D eigenvalue weighted by atomic mass is 127. The number of rotatable bonds is 6. The zero-order valence-corrected chi connectivity index (χ0v) is 18.0. The zero-order valence-electron chi connectivity index (χ0n) is 15.7. The van der Waals surface area contributed by atoms with Crippen LogP contribution < -0.4 is 15.4 Å². The van der Waals surface area contributed by atoms with E-state index in [4.69, 9.17) is 4.74 Å². The van der Waals surface area contributed by atoms with E-state index in [0.717, 1.165) is 31.2 Å². The fourth-order valence-electron chi connectivity index (χ4n) is 2.78. The lowest BCUT2D eigenvalue weighted by Gasteiger charge is -2.29. The first-order chi connectivity index (χ1) is 12.4. The fraction of sp³-hybridized carbons (Fsp3) is 0.611. The molecular weight excluding hydrogens is 472 g/mol. The SMILES string of the molecule is CN=C(NCc1ccc(OCC(F)(F)F)cc1)NCC1CCN(C)CC1.I. The number of ether oxygens (including phenoxy) is 1. The van der Waals surface area contributed by atoms with Gasteiger partial charge < -0.3 is 20.3 Å². The van der Waals surface area contributed by atoms with E-state index in [-0.39, 0.29) is 29.7 Å². The molecule has 2 rings (SSSR count). The lowest BCUT2D eigenvalue weighted by Crippen LogP contribution is -2.41. The lowest BCUT2D eigenvalue weighted by atomic mass is 9.97. The average Bonchev–Trinajstić information content (AvgIpc) is 2.62. The molecule has 1 fully saturated rings. The molecule has 0 bridgehead atoms. The van der Waals surface area contributed by atoms with Crippen LogP contribution in [0.4, 0.5) is 13.2 Å². The predicted molar refractivity (Wildman–Crippen MR) is 112 cm³/mol. The van der Waals surface area contributed by atoms with Crippen LogP contribution >= 0.6 is 24.0 Å². The summed E-state index contributed by atoms with van der Waals surface area (Å²) in [5.41, 5.74) is 0.937. The summed E-state index contributed by atoms with van der Waals surface area (Å²) >= 11 is 0. The summed E-state index contributed by atoms with van der Waals surface area (Å²) in [5.74, 6) is 1.58. The quantitative estimate of drug-likeness (QED) is 0.358. The van der Waals surface area contributed by atoms with Gasteiger partial charge in [0.1, 0.15) is 5.75 Å². The van der Waals surface area contributed by atoms with Crippen molar-refractivity contribution in [3.05, 3.63) is 29.8 Å². The molecule has 27 heavy (non-hydrogen) atoms. The van der Waals surface area contributed by atoms with E-state index in [2.05, 4.69) is 27.6 Å². The molecule has 0 radical (unpaired) electrons. The van der Waals surface area contributed by atoms with Gasteiger partial charge in [-0.25, -0.2) is 0 Å². The average molecular weight is 500 g/mol. The Morgan fingerprint density at radius 2 is 1.81 bits per heavy atom. The molecule has 9 heteroatoms. The van der Waals surface area contributed by atoms with Crippen molar-refractivity contribution in [2.75, 3.05) is 40.3 Å². The number of nitrogens with zero attached hydrogens (tertiary/aromatic N) is 2. The minimum absolute atomic E-state index is 0. The summed E-state index contributed by atoms with van der Waals surface area (Å²) < 4.78 is 41.1. The maximum Gasteiger partial charge on any atom is 0.422 e. The maximum absolute atomic E-state index is 12.1. The number of nitrogens with one attached hydrogen (secondary N) is 2. The summed E-state index contributed by atoms with van der Waals surface area (Å²) in [6.07, 6.45) is -1.97. The van der Waals surface area contributed by atoms with Crippen molar-refractivity contribution in [2.45, 2.75) is 25.6 Å². The summed E-state index contributed by atoms with van der Waals surface area (Å²) in [4.78, 5) is 6.55. The van der Waals surface area contributed by atoms with Crippen LogP contribution in [0.5, 0.6) is 5.75 Å². The van der Waals surface area contributed by atoms with Gasteiger partial charge >= 0.3 is 6.18 Å². The van der Waals surface area contributed by atoms with Crippen LogP contribution in [0.2, 0.25) is 0 Å². The highest BCUT2D eigenvalue weighted by Crippen LogP contribution is 2.19. The molecule has 1 aromatic rings. The van der Waals surface area contributed by atoms with Crippen LogP contribution in [0.15, 0.2) is 29.3 Å². The predicted octanol–water partition coefficient (Wildman–Crippen LogP) is 3.25. The van der Waals surface area contributed by atoms with E-state index in [1.54, 1.807) is 19.2 Å². The minimum Gasteiger partial charge on any atom is -0.484 e. The first-order valence-electron chi connectivity index (χ1n) is 8.77. The topological polar surface area (TPSA) is 48.9 Å². The van der Waals surface area contributed by atoms with Gasteiger partial charge in [0.2, 0.25) is 0 Å². The molecular formula is C18H28F3IN4O. The molecule has 154 valence electrons. The number of likely N-dealkylation sites (tertiary alicyclic amines) is 1. The summed E-state index contributed by atoms with van der Waals surface area (Å²) in [5, 5.41) is 6.56. The van der Waals surface area contributed by atoms with Gasteiger partial charge in [-0.15, -0.1) is 24.0 Å². The summed E-state index contributed by atoms with van der Waals surface area (Å²) in [6.45, 7) is 2.39. The van der Waals surface area contributed by atoms with Crippen molar-refractivity contribution in [2.24, 2.45) is 10.9 Å². The van der Waals surface area contributed by atoms with E-state index < -0.39 is 12.8 Å². The van der Waals surface area contributed by atoms with E-state index >= 15 is 0 Å². The lowest BCUT2D eigenvalue weighted by molar-refractivity contribution is -0.153. The molecule has 1 aliphatic rings. The number of hydrogen-bond donors (Lipinski definition) is 2. The van der Waals surface area contributed by atoms with Crippen LogP contribution in [0, 0.1) is 5.92 Å². The van der Waals surface area contributed by atoms with Gasteiger partial charge in [0, 0.05) is 20.1 Å². The molecule has 5 nitrogen and oxygen atoms in total. The Bertz CT molecular complexity index is 573. The van der Waals surface area contributed by atoms with Gasteiger partial charge in [-0.3, -0.25) is 4.99 Å². The Morgan fingerprint density at radius 1 is 1.19 bits per heavy atom. The van der Waals surface area contributed by atoms with Gasteiger partial charge in [-0.1, -0.05) is 12.1 Å². The van der Waals surface area contributed by atoms with E-state index in [1.165, 1.54) is 25.0 Å². The fourth-order valence-corrected chi connectivity index (χ4v) is 2.78. The van der Waals surface area contributed by atoms with Gasteiger partial charge in [0.15, 0.2) is 12.6 Å². The number of benzene rings is 1. The third-order valence-electron chi connectivity index (χ3n) is 4.41. The van der Waals surface area contributed by atoms with Crippen molar-refractivity contribution in [3.63, 3.8) is 0 Å². The van der Waals surface area contributed by atoms with Crippen LogP contribution in [-0.4, -0.2) is 57.4 Å². The number of hydrogen-bond acceptors (Lipinski definition) is 3. The Balaban J connectivity index is 0.00000364. The third kappa shape index (κ3) is 9.50. The Labute approximate surface area is 175 Å². The molecule has 0 unspecified atom stereocenters. The second-order valence-corrected chi connectivity index (χ2v) is 6.60. The highest BCUT2D eigenvalue weighted by Gasteiger charge is 2.28. The number of guanidine groups is 1. The Kier molecular flexibility index (Phi) is 10.2. The molecule has 1 heterocycles. The zero-order chi connectivity index (χ0) is 19.0. The number of halogens is 4. The first-order valence-corrected chi connectivity index (χ1v) is 8.77. The van der Waals surface area contributed by atoms with Gasteiger partial charge in [-0.05, 0) is 56.6 Å². The highest BCUT2D eigenvalue weighted by molar-refractivity contribution is 14.0. The molecule has 0 saturated carbocycles. The molecule has 1 aliphatic heterocycles. The third-order valence-corrected chi connectivity index (χ3v) is 4.41. The second kappa shape index (κ2) is 11.6. The molecule has 0 spiro atoms. The largest absolute Gasteiger partial charge is 0.484 e. The second-order valence-electron chi connectivity index (χ2n) is 6.60. The first kappa shape index (κ1) is 23.8. The van der Waals surface area contributed by atoms with Gasteiger partial charge in [-0.2, -0.15) is 13.2 Å². The van der Waals surface area contributed by atoms with Crippen molar-refractivity contribution in [1.82, 2.24) is 15.5 Å². The van der Waals surface area contributed by atoms with Crippen LogP contribution in [0.25, 0.3) is 0 Å². The Hall–Kier alpha value is -1.23. The number of piperidine rings is 1.